The van der Waals surface area contributed by atoms with Crippen LogP contribution in [0, 0.1) is 5.92 Å². The van der Waals surface area contributed by atoms with Crippen molar-refractivity contribution in [2.24, 2.45) is 5.92 Å². The number of ketones is 1. The first-order valence-electron chi connectivity index (χ1n) is 10.2. The average molecular weight is 391 g/mol. The second-order valence-electron chi connectivity index (χ2n) is 8.59. The summed E-state index contributed by atoms with van der Waals surface area (Å²) in [6.45, 7) is 3.62. The molecule has 0 unspecified atom stereocenters. The smallest absolute Gasteiger partial charge is 0.165 e. The van der Waals surface area contributed by atoms with Gasteiger partial charge in [-0.2, -0.15) is 0 Å². The van der Waals surface area contributed by atoms with Crippen LogP contribution in [0.1, 0.15) is 62.2 Å². The second kappa shape index (κ2) is 7.56. The van der Waals surface area contributed by atoms with Gasteiger partial charge in [0, 0.05) is 36.2 Å². The monoisotopic (exact) mass is 390 g/mol. The SMILES string of the molecule is CC1(F)CCC(CCC(=O)c2cn(C[C@H]3CCN3)c3cccc(Cl)c23)CC1. The number of nitrogens with one attached hydrogen (secondary N) is 1. The van der Waals surface area contributed by atoms with E-state index >= 15 is 0 Å². The number of hydrogen-bond acceptors (Lipinski definition) is 2. The van der Waals surface area contributed by atoms with Gasteiger partial charge in [0.1, 0.15) is 5.67 Å². The van der Waals surface area contributed by atoms with Gasteiger partial charge in [-0.25, -0.2) is 4.39 Å². The predicted molar refractivity (Wildman–Crippen MR) is 108 cm³/mol. The molecule has 1 atom stereocenters. The minimum atomic E-state index is -1.02. The third kappa shape index (κ3) is 4.07. The third-order valence-electron chi connectivity index (χ3n) is 6.43. The summed E-state index contributed by atoms with van der Waals surface area (Å²) in [5.74, 6) is 0.614. The number of carbonyl (C=O) groups excluding carboxylic acids is 1. The molecule has 1 aliphatic carbocycles. The lowest BCUT2D eigenvalue weighted by Gasteiger charge is -2.30. The van der Waals surface area contributed by atoms with Crippen molar-refractivity contribution in [3.8, 4) is 0 Å². The highest BCUT2D eigenvalue weighted by Gasteiger charge is 2.31. The molecule has 1 aromatic carbocycles. The van der Waals surface area contributed by atoms with Gasteiger partial charge in [-0.15, -0.1) is 0 Å². The molecular weight excluding hydrogens is 363 g/mol. The Hall–Kier alpha value is -1.39. The minimum absolute atomic E-state index is 0.155. The largest absolute Gasteiger partial charge is 0.345 e. The number of rotatable bonds is 6. The molecule has 2 fully saturated rings. The van der Waals surface area contributed by atoms with Crippen molar-refractivity contribution in [2.45, 2.75) is 70.1 Å². The molecule has 5 heteroatoms. The third-order valence-corrected chi connectivity index (χ3v) is 6.74. The van der Waals surface area contributed by atoms with E-state index in [1.165, 1.54) is 6.42 Å². The topological polar surface area (TPSA) is 34.0 Å². The first kappa shape index (κ1) is 18.9. The molecule has 146 valence electrons. The molecule has 1 aliphatic heterocycles. The number of halogens is 2. The van der Waals surface area contributed by atoms with Crippen molar-refractivity contribution in [2.75, 3.05) is 6.54 Å². The second-order valence-corrected chi connectivity index (χ2v) is 8.99. The Morgan fingerprint density at radius 2 is 2.07 bits per heavy atom. The Kier molecular flexibility index (Phi) is 5.30. The molecule has 0 bridgehead atoms. The highest BCUT2D eigenvalue weighted by molar-refractivity contribution is 6.37. The fourth-order valence-corrected chi connectivity index (χ4v) is 4.72. The summed E-state index contributed by atoms with van der Waals surface area (Å²) in [4.78, 5) is 13.0. The number of aromatic nitrogens is 1. The normalized spacial score (nSPS) is 28.3. The van der Waals surface area contributed by atoms with E-state index in [4.69, 9.17) is 11.6 Å². The number of benzene rings is 1. The van der Waals surface area contributed by atoms with Crippen molar-refractivity contribution in [3.05, 3.63) is 35.0 Å². The van der Waals surface area contributed by atoms with Crippen molar-refractivity contribution >= 4 is 28.3 Å². The van der Waals surface area contributed by atoms with E-state index < -0.39 is 5.67 Å². The summed E-state index contributed by atoms with van der Waals surface area (Å²) in [5, 5.41) is 4.94. The van der Waals surface area contributed by atoms with Crippen LogP contribution >= 0.6 is 11.6 Å². The lowest BCUT2D eigenvalue weighted by Crippen LogP contribution is -2.45. The maximum atomic E-state index is 14.0. The Balaban J connectivity index is 1.49. The van der Waals surface area contributed by atoms with Gasteiger partial charge in [0.15, 0.2) is 5.78 Å². The minimum Gasteiger partial charge on any atom is -0.345 e. The van der Waals surface area contributed by atoms with Crippen LogP contribution in [0.2, 0.25) is 5.02 Å². The quantitative estimate of drug-likeness (QED) is 0.657. The van der Waals surface area contributed by atoms with Gasteiger partial charge in [-0.3, -0.25) is 4.79 Å². The van der Waals surface area contributed by atoms with Gasteiger partial charge >= 0.3 is 0 Å². The van der Waals surface area contributed by atoms with E-state index in [1.54, 1.807) is 6.92 Å². The van der Waals surface area contributed by atoms with E-state index in [1.807, 2.05) is 24.4 Å². The first-order chi connectivity index (χ1) is 12.9. The van der Waals surface area contributed by atoms with Gasteiger partial charge in [0.05, 0.1) is 10.5 Å². The Morgan fingerprint density at radius 3 is 2.74 bits per heavy atom. The van der Waals surface area contributed by atoms with Gasteiger partial charge in [-0.05, 0) is 70.0 Å². The lowest BCUT2D eigenvalue weighted by atomic mass is 9.79. The zero-order valence-electron chi connectivity index (χ0n) is 15.9. The average Bonchev–Trinajstić information content (AvgIpc) is 2.97. The summed E-state index contributed by atoms with van der Waals surface area (Å²) in [7, 11) is 0. The van der Waals surface area contributed by atoms with E-state index in [0.717, 1.165) is 48.8 Å². The summed E-state index contributed by atoms with van der Waals surface area (Å²) < 4.78 is 16.1. The number of nitrogens with zero attached hydrogens (tertiary/aromatic N) is 1. The number of fused-ring (bicyclic) bond motifs is 1. The first-order valence-corrected chi connectivity index (χ1v) is 10.5. The van der Waals surface area contributed by atoms with Gasteiger partial charge in [0.2, 0.25) is 0 Å². The van der Waals surface area contributed by atoms with Crippen LogP contribution in [0.25, 0.3) is 10.9 Å². The molecule has 0 spiro atoms. The summed E-state index contributed by atoms with van der Waals surface area (Å²) in [6, 6.07) is 6.31. The maximum absolute atomic E-state index is 14.0. The highest BCUT2D eigenvalue weighted by atomic mass is 35.5. The van der Waals surface area contributed by atoms with Crippen molar-refractivity contribution in [1.82, 2.24) is 9.88 Å². The zero-order valence-corrected chi connectivity index (χ0v) is 16.7. The van der Waals surface area contributed by atoms with E-state index in [2.05, 4.69) is 9.88 Å². The molecule has 1 saturated carbocycles. The van der Waals surface area contributed by atoms with Gasteiger partial charge < -0.3 is 9.88 Å². The standard InChI is InChI=1S/C22H28ClFN2O/c1-22(24)10-7-15(8-11-22)5-6-20(27)17-14-26(13-16-9-12-25-16)19-4-2-3-18(23)21(17)19/h2-4,14-16,25H,5-13H2,1H3/t15?,16-,22?/m1/s1. The van der Waals surface area contributed by atoms with E-state index in [-0.39, 0.29) is 5.78 Å². The van der Waals surface area contributed by atoms with Crippen LogP contribution in [-0.2, 0) is 6.54 Å². The van der Waals surface area contributed by atoms with Crippen LogP contribution < -0.4 is 5.32 Å². The van der Waals surface area contributed by atoms with Crippen LogP contribution in [-0.4, -0.2) is 28.6 Å². The number of alkyl halides is 1. The molecule has 0 radical (unpaired) electrons. The molecule has 0 amide bonds. The van der Waals surface area contributed by atoms with Crippen LogP contribution in [0.15, 0.2) is 24.4 Å². The predicted octanol–water partition coefficient (Wildman–Crippen LogP) is 5.54. The van der Waals surface area contributed by atoms with Gasteiger partial charge in [0.25, 0.3) is 0 Å². The summed E-state index contributed by atoms with van der Waals surface area (Å²) >= 11 is 6.46. The zero-order chi connectivity index (χ0) is 19.0. The van der Waals surface area contributed by atoms with Crippen LogP contribution in [0.3, 0.4) is 0 Å². The van der Waals surface area contributed by atoms with E-state index in [0.29, 0.717) is 36.2 Å². The molecule has 1 aromatic heterocycles. The molecule has 1 saturated heterocycles. The van der Waals surface area contributed by atoms with Crippen molar-refractivity contribution in [1.29, 1.82) is 0 Å². The maximum Gasteiger partial charge on any atom is 0.165 e. The Morgan fingerprint density at radius 1 is 1.33 bits per heavy atom. The molecule has 27 heavy (non-hydrogen) atoms. The number of hydrogen-bond donors (Lipinski definition) is 1. The molecule has 2 aliphatic rings. The Labute approximate surface area is 165 Å². The lowest BCUT2D eigenvalue weighted by molar-refractivity contribution is 0.0906. The van der Waals surface area contributed by atoms with Crippen LogP contribution in [0.4, 0.5) is 4.39 Å². The fourth-order valence-electron chi connectivity index (χ4n) is 4.45. The molecular formula is C22H28ClFN2O. The highest BCUT2D eigenvalue weighted by Crippen LogP contribution is 2.37. The molecule has 2 heterocycles. The van der Waals surface area contributed by atoms with Crippen molar-refractivity contribution < 1.29 is 9.18 Å². The number of carbonyl (C=O) groups is 1. The molecule has 1 N–H and O–H groups in total. The number of Topliss-reactive ketones (excluding diaryl/α,β-unsaturated/α-hetero) is 1. The van der Waals surface area contributed by atoms with E-state index in [9.17, 15) is 9.18 Å². The molecule has 4 rings (SSSR count). The van der Waals surface area contributed by atoms with Gasteiger partial charge in [-0.1, -0.05) is 17.7 Å². The molecule has 3 nitrogen and oxygen atoms in total. The van der Waals surface area contributed by atoms with Crippen LogP contribution in [0.5, 0.6) is 0 Å². The summed E-state index contributed by atoms with van der Waals surface area (Å²) in [6.07, 6.45) is 7.51. The summed E-state index contributed by atoms with van der Waals surface area (Å²) in [5.41, 5.74) is 0.753. The van der Waals surface area contributed by atoms with Crippen molar-refractivity contribution in [3.63, 3.8) is 0 Å². The Bertz CT molecular complexity index is 830. The fraction of sp³-hybridized carbons (Fsp3) is 0.591. The molecule has 2 aromatic rings.